The average molecular weight is 327 g/mol. The Hall–Kier alpha value is -2.64. The summed E-state index contributed by atoms with van der Waals surface area (Å²) in [4.78, 5) is 26.7. The van der Waals surface area contributed by atoms with Crippen LogP contribution in [0.2, 0.25) is 0 Å². The van der Waals surface area contributed by atoms with E-state index in [1.54, 1.807) is 12.4 Å². The van der Waals surface area contributed by atoms with Gasteiger partial charge in [-0.05, 0) is 12.5 Å². The van der Waals surface area contributed by atoms with E-state index in [2.05, 4.69) is 20.0 Å². The highest BCUT2D eigenvalue weighted by atomic mass is 16.2. The number of nitrogens with zero attached hydrogens (tertiary/aromatic N) is 7. The van der Waals surface area contributed by atoms with Gasteiger partial charge in [-0.25, -0.2) is 4.98 Å². The molecule has 2 fully saturated rings. The molecule has 8 nitrogen and oxygen atoms in total. The largest absolute Gasteiger partial charge is 0.363 e. The van der Waals surface area contributed by atoms with Gasteiger partial charge in [0.2, 0.25) is 11.9 Å². The predicted octanol–water partition coefficient (Wildman–Crippen LogP) is 0.927. The second-order valence-corrected chi connectivity index (χ2v) is 6.50. The van der Waals surface area contributed by atoms with Crippen molar-refractivity contribution >= 4 is 23.4 Å². The lowest BCUT2D eigenvalue weighted by molar-refractivity contribution is -0.117. The third-order valence-corrected chi connectivity index (χ3v) is 4.58. The molecule has 4 rings (SSSR count). The standard InChI is InChI=1S/C16H21N7O/c1-20(2)14-5-6-17-16(19-14)21-9-13(10-21)23-11-12(8-18-23)22-7-3-4-15(22)24/h5-6,8,11,13H,3-4,7,9-10H2,1-2H3. The minimum Gasteiger partial charge on any atom is -0.363 e. The summed E-state index contributed by atoms with van der Waals surface area (Å²) in [7, 11) is 3.94. The Morgan fingerprint density at radius 1 is 1.29 bits per heavy atom. The summed E-state index contributed by atoms with van der Waals surface area (Å²) in [5.74, 6) is 1.84. The molecule has 1 amide bonds. The molecule has 2 aliphatic rings. The highest BCUT2D eigenvalue weighted by Gasteiger charge is 2.32. The molecule has 24 heavy (non-hydrogen) atoms. The van der Waals surface area contributed by atoms with E-state index < -0.39 is 0 Å². The van der Waals surface area contributed by atoms with Gasteiger partial charge in [-0.2, -0.15) is 10.1 Å². The maximum absolute atomic E-state index is 11.8. The molecule has 0 aliphatic carbocycles. The Morgan fingerprint density at radius 2 is 2.12 bits per heavy atom. The molecule has 2 aromatic heterocycles. The normalized spacial score (nSPS) is 18.2. The molecule has 0 spiro atoms. The number of carbonyl (C=O) groups excluding carboxylic acids is 1. The molecule has 0 saturated carbocycles. The molecule has 0 atom stereocenters. The van der Waals surface area contributed by atoms with E-state index in [9.17, 15) is 4.79 Å². The first-order valence-corrected chi connectivity index (χ1v) is 8.21. The van der Waals surface area contributed by atoms with Gasteiger partial charge in [-0.15, -0.1) is 0 Å². The van der Waals surface area contributed by atoms with Crippen LogP contribution in [0.4, 0.5) is 17.5 Å². The highest BCUT2D eigenvalue weighted by molar-refractivity contribution is 5.95. The van der Waals surface area contributed by atoms with Gasteiger partial charge in [0.05, 0.1) is 17.9 Å². The lowest BCUT2D eigenvalue weighted by Crippen LogP contribution is -2.48. The van der Waals surface area contributed by atoms with Crippen LogP contribution < -0.4 is 14.7 Å². The third-order valence-electron chi connectivity index (χ3n) is 4.58. The molecule has 2 saturated heterocycles. The van der Waals surface area contributed by atoms with Gasteiger partial charge in [0.25, 0.3) is 0 Å². The van der Waals surface area contributed by atoms with Crippen molar-refractivity contribution in [2.75, 3.05) is 48.4 Å². The van der Waals surface area contributed by atoms with Gasteiger partial charge < -0.3 is 14.7 Å². The molecular weight excluding hydrogens is 306 g/mol. The summed E-state index contributed by atoms with van der Waals surface area (Å²) in [6.07, 6.45) is 7.12. The van der Waals surface area contributed by atoms with Crippen molar-refractivity contribution < 1.29 is 4.79 Å². The second-order valence-electron chi connectivity index (χ2n) is 6.50. The predicted molar refractivity (Wildman–Crippen MR) is 91.4 cm³/mol. The average Bonchev–Trinajstić information content (AvgIpc) is 3.15. The van der Waals surface area contributed by atoms with Crippen molar-refractivity contribution in [3.05, 3.63) is 24.7 Å². The van der Waals surface area contributed by atoms with Crippen LogP contribution in [0.15, 0.2) is 24.7 Å². The summed E-state index contributed by atoms with van der Waals surface area (Å²) in [5.41, 5.74) is 0.904. The second kappa shape index (κ2) is 5.77. The number of carbonyl (C=O) groups is 1. The number of hydrogen-bond acceptors (Lipinski definition) is 6. The first-order valence-electron chi connectivity index (χ1n) is 8.21. The smallest absolute Gasteiger partial charge is 0.227 e. The number of rotatable bonds is 4. The van der Waals surface area contributed by atoms with Crippen molar-refractivity contribution in [1.29, 1.82) is 0 Å². The molecule has 8 heteroatoms. The van der Waals surface area contributed by atoms with Gasteiger partial charge in [0.15, 0.2) is 0 Å². The summed E-state index contributed by atoms with van der Waals surface area (Å²) < 4.78 is 1.95. The first kappa shape index (κ1) is 14.9. The summed E-state index contributed by atoms with van der Waals surface area (Å²) in [6, 6.07) is 2.19. The number of anilines is 3. The topological polar surface area (TPSA) is 70.4 Å². The minimum atomic E-state index is 0.193. The van der Waals surface area contributed by atoms with E-state index in [0.29, 0.717) is 12.5 Å². The Labute approximate surface area is 140 Å². The fourth-order valence-corrected chi connectivity index (χ4v) is 3.11. The van der Waals surface area contributed by atoms with Crippen LogP contribution in [-0.4, -0.2) is 59.4 Å². The first-order chi connectivity index (χ1) is 11.6. The van der Waals surface area contributed by atoms with E-state index in [-0.39, 0.29) is 5.91 Å². The van der Waals surface area contributed by atoms with Crippen LogP contribution in [0.25, 0.3) is 0 Å². The van der Waals surface area contributed by atoms with Gasteiger partial charge in [-0.1, -0.05) is 0 Å². The Kier molecular flexibility index (Phi) is 3.59. The van der Waals surface area contributed by atoms with Crippen LogP contribution in [0.1, 0.15) is 18.9 Å². The summed E-state index contributed by atoms with van der Waals surface area (Å²) in [6.45, 7) is 2.45. The van der Waals surface area contributed by atoms with E-state index in [1.807, 2.05) is 40.8 Å². The highest BCUT2D eigenvalue weighted by Crippen LogP contribution is 2.28. The monoisotopic (exact) mass is 327 g/mol. The molecule has 0 aromatic carbocycles. The molecule has 0 unspecified atom stereocenters. The number of amides is 1. The molecule has 2 aromatic rings. The molecule has 4 heterocycles. The van der Waals surface area contributed by atoms with Crippen molar-refractivity contribution in [2.24, 2.45) is 0 Å². The molecule has 0 bridgehead atoms. The van der Waals surface area contributed by atoms with Crippen LogP contribution in [0.5, 0.6) is 0 Å². The maximum Gasteiger partial charge on any atom is 0.227 e. The lowest BCUT2D eigenvalue weighted by Gasteiger charge is -2.39. The van der Waals surface area contributed by atoms with Gasteiger partial charge >= 0.3 is 0 Å². The Bertz CT molecular complexity index is 750. The van der Waals surface area contributed by atoms with Crippen molar-refractivity contribution in [3.8, 4) is 0 Å². The molecule has 0 radical (unpaired) electrons. The molecule has 2 aliphatic heterocycles. The van der Waals surface area contributed by atoms with E-state index in [0.717, 1.165) is 43.5 Å². The van der Waals surface area contributed by atoms with E-state index in [1.165, 1.54) is 0 Å². The molecule has 126 valence electrons. The van der Waals surface area contributed by atoms with E-state index in [4.69, 9.17) is 0 Å². The van der Waals surface area contributed by atoms with Crippen LogP contribution in [0, 0.1) is 0 Å². The van der Waals surface area contributed by atoms with Crippen molar-refractivity contribution in [1.82, 2.24) is 19.7 Å². The van der Waals surface area contributed by atoms with Crippen molar-refractivity contribution in [3.63, 3.8) is 0 Å². The third kappa shape index (κ3) is 2.57. The van der Waals surface area contributed by atoms with Gasteiger partial charge in [0.1, 0.15) is 5.82 Å². The SMILES string of the molecule is CN(C)c1ccnc(N2CC(n3cc(N4CCCC4=O)cn3)C2)n1. The lowest BCUT2D eigenvalue weighted by atomic mass is 10.1. The summed E-state index contributed by atoms with van der Waals surface area (Å²) in [5, 5.41) is 4.44. The zero-order valence-corrected chi connectivity index (χ0v) is 14.0. The quantitative estimate of drug-likeness (QED) is 0.832. The van der Waals surface area contributed by atoms with Crippen molar-refractivity contribution in [2.45, 2.75) is 18.9 Å². The van der Waals surface area contributed by atoms with Crippen LogP contribution >= 0.6 is 0 Å². The fraction of sp³-hybridized carbons (Fsp3) is 0.500. The Balaban J connectivity index is 1.42. The maximum atomic E-state index is 11.8. The fourth-order valence-electron chi connectivity index (χ4n) is 3.11. The summed E-state index contributed by atoms with van der Waals surface area (Å²) >= 11 is 0. The van der Waals surface area contributed by atoms with Crippen LogP contribution in [-0.2, 0) is 4.79 Å². The zero-order valence-electron chi connectivity index (χ0n) is 14.0. The number of aromatic nitrogens is 4. The Morgan fingerprint density at radius 3 is 2.83 bits per heavy atom. The molecular formula is C16H21N7O. The minimum absolute atomic E-state index is 0.193. The van der Waals surface area contributed by atoms with Gasteiger partial charge in [-0.3, -0.25) is 9.48 Å². The van der Waals surface area contributed by atoms with E-state index >= 15 is 0 Å². The molecule has 0 N–H and O–H groups in total. The number of hydrogen-bond donors (Lipinski definition) is 0. The van der Waals surface area contributed by atoms with Gasteiger partial charge in [0, 0.05) is 52.5 Å². The van der Waals surface area contributed by atoms with Crippen LogP contribution in [0.3, 0.4) is 0 Å². The zero-order chi connectivity index (χ0) is 16.7.